The fraction of sp³-hybridized carbons (Fsp3) is 0.250. The van der Waals surface area contributed by atoms with E-state index in [1.165, 1.54) is 11.8 Å². The fourth-order valence-electron chi connectivity index (χ4n) is 3.86. The number of nitrogens with two attached hydrogens (primary N) is 1. The van der Waals surface area contributed by atoms with Crippen LogP contribution in [-0.2, 0) is 26.3 Å². The van der Waals surface area contributed by atoms with Gasteiger partial charge in [0.25, 0.3) is 18.7 Å². The van der Waals surface area contributed by atoms with Gasteiger partial charge in [-0.25, -0.2) is 13.8 Å². The summed E-state index contributed by atoms with van der Waals surface area (Å²) in [7, 11) is 1.91. The van der Waals surface area contributed by atoms with Crippen LogP contribution in [0.5, 0.6) is 0 Å². The molecule has 0 spiro atoms. The summed E-state index contributed by atoms with van der Waals surface area (Å²) in [5, 5.41) is 17.1. The van der Waals surface area contributed by atoms with Crippen LogP contribution in [0.3, 0.4) is 0 Å². The number of alkyl halides is 1. The molecule has 2 amide bonds. The Hall–Kier alpha value is -3.83. The van der Waals surface area contributed by atoms with E-state index in [1.807, 2.05) is 33.9 Å². The summed E-state index contributed by atoms with van der Waals surface area (Å²) in [4.78, 5) is 48.3. The van der Waals surface area contributed by atoms with Gasteiger partial charge in [0.05, 0.1) is 7.05 Å². The molecule has 192 valence electrons. The third-order valence-corrected chi connectivity index (χ3v) is 8.19. The number of carbonyl (C=O) groups is 3. The minimum atomic E-state index is -1.30. The van der Waals surface area contributed by atoms with Crippen molar-refractivity contribution in [2.45, 2.75) is 11.4 Å². The normalized spacial score (nSPS) is 19.9. The van der Waals surface area contributed by atoms with Crippen molar-refractivity contribution >= 4 is 74.2 Å². The molecule has 0 aliphatic carbocycles. The molecule has 0 unspecified atom stereocenters. The number of anilines is 1. The summed E-state index contributed by atoms with van der Waals surface area (Å²) in [6, 6.07) is -1.04. The van der Waals surface area contributed by atoms with E-state index in [0.29, 0.717) is 11.3 Å². The van der Waals surface area contributed by atoms with Crippen LogP contribution >= 0.6 is 34.6 Å². The SMILES string of the molecule is C[n+]1cc2scc(C=CC3=C(C(=O)O)N4C(=O)[C@@H](NC(=O)/C(=N\OCF)c5nsc(N)n5)[C@H]4SC3)n2c1. The molecule has 0 saturated carbocycles. The van der Waals surface area contributed by atoms with Gasteiger partial charge in [0.2, 0.25) is 22.7 Å². The first-order valence-electron chi connectivity index (χ1n) is 10.5. The van der Waals surface area contributed by atoms with Gasteiger partial charge < -0.3 is 21.0 Å². The Kier molecular flexibility index (Phi) is 6.65. The zero-order valence-electron chi connectivity index (χ0n) is 18.9. The Labute approximate surface area is 219 Å². The number of carbonyl (C=O) groups excluding carboxylic acids is 2. The smallest absolute Gasteiger partial charge is 0.352 e. The van der Waals surface area contributed by atoms with Crippen LogP contribution in [0.4, 0.5) is 9.52 Å². The van der Waals surface area contributed by atoms with Crippen LogP contribution in [0.2, 0.25) is 0 Å². The van der Waals surface area contributed by atoms with Gasteiger partial charge in [0.1, 0.15) is 29.0 Å². The Morgan fingerprint density at radius 1 is 1.46 bits per heavy atom. The number of carboxylic acids is 1. The van der Waals surface area contributed by atoms with Crippen LogP contribution < -0.4 is 15.6 Å². The first-order chi connectivity index (χ1) is 17.8. The molecular weight excluding hydrogens is 547 g/mol. The van der Waals surface area contributed by atoms with Crippen LogP contribution in [0.15, 0.2) is 40.4 Å². The van der Waals surface area contributed by atoms with Crippen LogP contribution in [-0.4, -0.2) is 71.3 Å². The predicted molar refractivity (Wildman–Crippen MR) is 133 cm³/mol. The Morgan fingerprint density at radius 3 is 2.97 bits per heavy atom. The molecule has 37 heavy (non-hydrogen) atoms. The van der Waals surface area contributed by atoms with Crippen LogP contribution in [0.25, 0.3) is 10.9 Å². The van der Waals surface area contributed by atoms with Gasteiger partial charge in [-0.3, -0.25) is 14.5 Å². The maximum absolute atomic E-state index is 13.0. The molecule has 13 nitrogen and oxygen atoms in total. The van der Waals surface area contributed by atoms with Crippen molar-refractivity contribution in [3.63, 3.8) is 0 Å². The second kappa shape index (κ2) is 9.91. The van der Waals surface area contributed by atoms with Crippen molar-refractivity contribution in [2.24, 2.45) is 12.2 Å². The molecule has 1 fully saturated rings. The average Bonchev–Trinajstić information content (AvgIpc) is 3.56. The molecular formula is C20H18FN8O5S3+. The minimum absolute atomic E-state index is 0.0511. The number of aliphatic carboxylic acids is 1. The highest BCUT2D eigenvalue weighted by Crippen LogP contribution is 2.41. The van der Waals surface area contributed by atoms with E-state index in [-0.39, 0.29) is 16.7 Å². The number of nitrogens with one attached hydrogen (secondary N) is 1. The summed E-state index contributed by atoms with van der Waals surface area (Å²) in [5.41, 5.74) is 6.26. The number of thiazole rings is 1. The third kappa shape index (κ3) is 4.56. The summed E-state index contributed by atoms with van der Waals surface area (Å²) < 4.78 is 20.2. The zero-order chi connectivity index (χ0) is 26.3. The van der Waals surface area contributed by atoms with Gasteiger partial charge >= 0.3 is 5.97 Å². The van der Waals surface area contributed by atoms with E-state index in [0.717, 1.165) is 27.0 Å². The molecule has 17 heteroatoms. The van der Waals surface area contributed by atoms with Gasteiger partial charge in [-0.2, -0.15) is 13.8 Å². The maximum Gasteiger partial charge on any atom is 0.352 e. The highest BCUT2D eigenvalue weighted by atomic mass is 32.2. The number of halogens is 1. The molecule has 0 radical (unpaired) electrons. The zero-order valence-corrected chi connectivity index (χ0v) is 21.3. The molecule has 5 rings (SSSR count). The van der Waals surface area contributed by atoms with E-state index in [4.69, 9.17) is 5.73 Å². The predicted octanol–water partition coefficient (Wildman–Crippen LogP) is 0.359. The van der Waals surface area contributed by atoms with Crippen molar-refractivity contribution in [3.8, 4) is 0 Å². The number of nitrogens with zero attached hydrogens (tertiary/aromatic N) is 6. The lowest BCUT2D eigenvalue weighted by atomic mass is 10.0. The standard InChI is InChI=1S/C20H17FN8O5S3/c1-27-4-11-28(8-27)10(6-35-11)3-2-9-5-36-18-13(17(31)29(18)14(9)19(32)33)23-16(30)12(25-34-7-21)15-24-20(22)37-26-15/h2-4,6,8,13,18H,5,7H2,1H3,(H3-,22,23,24,26,30,32,33)/p+1/b3-2?,25-12-/t13-,18-/m1/s1. The summed E-state index contributed by atoms with van der Waals surface area (Å²) in [6.07, 6.45) is 7.36. The Balaban J connectivity index is 1.36. The van der Waals surface area contributed by atoms with E-state index in [9.17, 15) is 23.9 Å². The van der Waals surface area contributed by atoms with Gasteiger partial charge in [-0.1, -0.05) is 22.6 Å². The van der Waals surface area contributed by atoms with E-state index in [2.05, 4.69) is 24.7 Å². The summed E-state index contributed by atoms with van der Waals surface area (Å²) >= 11 is 3.64. The number of β-lactam (4-membered cyclic amide) rings is 1. The van der Waals surface area contributed by atoms with Crippen LogP contribution in [0.1, 0.15) is 11.5 Å². The molecule has 2 aliphatic heterocycles. The maximum atomic E-state index is 13.0. The van der Waals surface area contributed by atoms with Crippen molar-refractivity contribution in [1.29, 1.82) is 0 Å². The number of thioether (sulfide) groups is 1. The number of rotatable bonds is 8. The van der Waals surface area contributed by atoms with E-state index >= 15 is 0 Å². The van der Waals surface area contributed by atoms with Crippen molar-refractivity contribution in [2.75, 3.05) is 18.3 Å². The lowest BCUT2D eigenvalue weighted by Gasteiger charge is -2.49. The number of aromatic nitrogens is 4. The molecule has 5 heterocycles. The van der Waals surface area contributed by atoms with Crippen molar-refractivity contribution < 1.29 is 33.3 Å². The average molecular weight is 566 g/mol. The van der Waals surface area contributed by atoms with Crippen molar-refractivity contribution in [1.82, 2.24) is 24.0 Å². The monoisotopic (exact) mass is 565 g/mol. The topological polar surface area (TPSA) is 168 Å². The summed E-state index contributed by atoms with van der Waals surface area (Å²) in [6.45, 7) is -1.30. The number of hydrogen-bond acceptors (Lipinski definition) is 11. The Bertz CT molecular complexity index is 1510. The number of imidazole rings is 1. The highest BCUT2D eigenvalue weighted by Gasteiger charge is 2.54. The van der Waals surface area contributed by atoms with Crippen LogP contribution in [0, 0.1) is 0 Å². The minimum Gasteiger partial charge on any atom is -0.477 e. The highest BCUT2D eigenvalue weighted by molar-refractivity contribution is 8.00. The molecule has 2 aliphatic rings. The van der Waals surface area contributed by atoms with Gasteiger partial charge in [-0.05, 0) is 11.6 Å². The molecule has 0 bridgehead atoms. The third-order valence-electron chi connectivity index (χ3n) is 5.44. The number of oxime groups is 1. The molecule has 1 saturated heterocycles. The lowest BCUT2D eigenvalue weighted by molar-refractivity contribution is -0.669. The fourth-order valence-corrected chi connectivity index (χ4v) is 6.54. The molecule has 3 aromatic heterocycles. The van der Waals surface area contributed by atoms with Gasteiger partial charge in [0, 0.05) is 22.7 Å². The molecule has 3 aromatic rings. The second-order valence-electron chi connectivity index (χ2n) is 7.79. The van der Waals surface area contributed by atoms with Crippen molar-refractivity contribution in [3.05, 3.63) is 46.8 Å². The first-order valence-corrected chi connectivity index (χ1v) is 13.2. The molecule has 2 atom stereocenters. The largest absolute Gasteiger partial charge is 0.477 e. The molecule has 4 N–H and O–H groups in total. The number of hydrogen-bond donors (Lipinski definition) is 3. The number of aryl methyl sites for hydroxylation is 1. The van der Waals surface area contributed by atoms with E-state index in [1.54, 1.807) is 23.5 Å². The number of allylic oxidation sites excluding steroid dienone is 1. The lowest BCUT2D eigenvalue weighted by Crippen LogP contribution is -2.71. The summed E-state index contributed by atoms with van der Waals surface area (Å²) in [5.74, 6) is -2.65. The number of fused-ring (bicyclic) bond motifs is 2. The number of amides is 2. The number of carboxylic acid groups (broad SMARTS) is 1. The first kappa shape index (κ1) is 24.8. The van der Waals surface area contributed by atoms with Gasteiger partial charge in [0.15, 0.2) is 5.13 Å². The molecule has 0 aromatic carbocycles. The quantitative estimate of drug-likeness (QED) is 0.151. The Morgan fingerprint density at radius 2 is 2.27 bits per heavy atom. The van der Waals surface area contributed by atoms with E-state index < -0.39 is 41.8 Å². The van der Waals surface area contributed by atoms with Gasteiger partial charge in [-0.15, -0.1) is 11.8 Å². The number of nitrogen functional groups attached to an aromatic ring is 1. The second-order valence-corrected chi connectivity index (χ2v) is 10.6.